The van der Waals surface area contributed by atoms with Gasteiger partial charge in [0.2, 0.25) is 5.91 Å². The van der Waals surface area contributed by atoms with Crippen LogP contribution in [-0.2, 0) is 14.6 Å². The third-order valence-electron chi connectivity index (χ3n) is 3.95. The molecule has 1 aromatic rings. The summed E-state index contributed by atoms with van der Waals surface area (Å²) < 4.78 is 30.0. The Labute approximate surface area is 137 Å². The predicted octanol–water partition coefficient (Wildman–Crippen LogP) is 1.53. The van der Waals surface area contributed by atoms with E-state index in [2.05, 4.69) is 10.2 Å². The Bertz CT molecular complexity index is 620. The second-order valence-electron chi connectivity index (χ2n) is 5.82. The van der Waals surface area contributed by atoms with Gasteiger partial charge in [-0.15, -0.1) is 0 Å². The summed E-state index contributed by atoms with van der Waals surface area (Å²) in [5.41, 5.74) is 0.567. The number of rotatable bonds is 6. The first kappa shape index (κ1) is 17.7. The van der Waals surface area contributed by atoms with Gasteiger partial charge in [-0.25, -0.2) is 8.42 Å². The number of carbonyl (C=O) groups excluding carboxylic acids is 1. The van der Waals surface area contributed by atoms with E-state index < -0.39 is 26.7 Å². The number of hydrogen-bond acceptors (Lipinski definition) is 5. The van der Waals surface area contributed by atoms with Crippen LogP contribution in [0.3, 0.4) is 0 Å². The Morgan fingerprint density at radius 3 is 2.43 bits per heavy atom. The molecular formula is C16H24N2O4S. The molecule has 1 N–H and O–H groups in total. The molecule has 0 atom stereocenters. The molecule has 0 unspecified atom stereocenters. The van der Waals surface area contributed by atoms with Gasteiger partial charge in [0.25, 0.3) is 0 Å². The molecule has 1 fully saturated rings. The minimum atomic E-state index is -3.41. The quantitative estimate of drug-likeness (QED) is 0.850. The maximum absolute atomic E-state index is 12.3. The molecule has 0 spiro atoms. The van der Waals surface area contributed by atoms with Crippen LogP contribution in [0.2, 0.25) is 0 Å². The van der Waals surface area contributed by atoms with E-state index in [1.165, 1.54) is 0 Å². The number of ether oxygens (including phenoxy) is 1. The first-order valence-electron chi connectivity index (χ1n) is 7.83. The average molecular weight is 340 g/mol. The minimum absolute atomic E-state index is 0.412. The van der Waals surface area contributed by atoms with Crippen molar-refractivity contribution in [2.75, 3.05) is 37.8 Å². The van der Waals surface area contributed by atoms with Crippen LogP contribution in [0.15, 0.2) is 24.3 Å². The SMILES string of the molecule is CCOc1ccc(NC(=O)CS(=O)(=O)C2CCN(C)CC2)cc1. The van der Waals surface area contributed by atoms with Crippen molar-refractivity contribution in [1.82, 2.24) is 4.90 Å². The summed E-state index contributed by atoms with van der Waals surface area (Å²) in [5.74, 6) is -0.244. The highest BCUT2D eigenvalue weighted by molar-refractivity contribution is 7.92. The van der Waals surface area contributed by atoms with Gasteiger partial charge in [0.15, 0.2) is 9.84 Å². The molecule has 1 aromatic carbocycles. The summed E-state index contributed by atoms with van der Waals surface area (Å²) in [5, 5.41) is 2.22. The summed E-state index contributed by atoms with van der Waals surface area (Å²) in [6.07, 6.45) is 1.18. The number of likely N-dealkylation sites (tertiary alicyclic amines) is 1. The Morgan fingerprint density at radius 2 is 1.87 bits per heavy atom. The second-order valence-corrected chi connectivity index (χ2v) is 8.10. The number of nitrogens with one attached hydrogen (secondary N) is 1. The van der Waals surface area contributed by atoms with Crippen molar-refractivity contribution in [3.05, 3.63) is 24.3 Å². The maximum atomic E-state index is 12.3. The Hall–Kier alpha value is -1.60. The van der Waals surface area contributed by atoms with E-state index in [0.717, 1.165) is 13.1 Å². The standard InChI is InChI=1S/C16H24N2O4S/c1-3-22-14-6-4-13(5-7-14)17-16(19)12-23(20,21)15-8-10-18(2)11-9-15/h4-7,15H,3,8-12H2,1-2H3,(H,17,19). The van der Waals surface area contributed by atoms with Crippen LogP contribution < -0.4 is 10.1 Å². The smallest absolute Gasteiger partial charge is 0.239 e. The summed E-state index contributed by atoms with van der Waals surface area (Å²) in [6, 6.07) is 6.88. The van der Waals surface area contributed by atoms with Crippen LogP contribution in [0.1, 0.15) is 19.8 Å². The van der Waals surface area contributed by atoms with Crippen molar-refractivity contribution in [3.63, 3.8) is 0 Å². The molecule has 23 heavy (non-hydrogen) atoms. The van der Waals surface area contributed by atoms with Crippen molar-refractivity contribution in [3.8, 4) is 5.75 Å². The lowest BCUT2D eigenvalue weighted by Crippen LogP contribution is -2.39. The summed E-state index contributed by atoms with van der Waals surface area (Å²) in [7, 11) is -1.43. The molecule has 0 saturated carbocycles. The zero-order valence-electron chi connectivity index (χ0n) is 13.6. The van der Waals surface area contributed by atoms with Gasteiger partial charge >= 0.3 is 0 Å². The molecule has 1 aliphatic rings. The molecule has 128 valence electrons. The predicted molar refractivity (Wildman–Crippen MR) is 90.5 cm³/mol. The van der Waals surface area contributed by atoms with E-state index >= 15 is 0 Å². The number of piperidine rings is 1. The van der Waals surface area contributed by atoms with E-state index in [4.69, 9.17) is 4.74 Å². The molecule has 0 aromatic heterocycles. The van der Waals surface area contributed by atoms with Crippen molar-refractivity contribution >= 4 is 21.4 Å². The van der Waals surface area contributed by atoms with Crippen molar-refractivity contribution in [1.29, 1.82) is 0 Å². The number of hydrogen-bond donors (Lipinski definition) is 1. The van der Waals surface area contributed by atoms with Crippen LogP contribution in [0.25, 0.3) is 0 Å². The van der Waals surface area contributed by atoms with Gasteiger partial charge in [-0.1, -0.05) is 0 Å². The minimum Gasteiger partial charge on any atom is -0.494 e. The molecule has 6 nitrogen and oxygen atoms in total. The molecule has 0 aliphatic carbocycles. The van der Waals surface area contributed by atoms with Gasteiger partial charge < -0.3 is 15.0 Å². The summed E-state index contributed by atoms with van der Waals surface area (Å²) >= 11 is 0. The molecule has 1 saturated heterocycles. The van der Waals surface area contributed by atoms with Crippen molar-refractivity contribution in [2.45, 2.75) is 25.0 Å². The lowest BCUT2D eigenvalue weighted by molar-refractivity contribution is -0.113. The summed E-state index contributed by atoms with van der Waals surface area (Å²) in [4.78, 5) is 14.1. The van der Waals surface area contributed by atoms with Crippen LogP contribution in [0, 0.1) is 0 Å². The fourth-order valence-electron chi connectivity index (χ4n) is 2.64. The molecular weight excluding hydrogens is 316 g/mol. The lowest BCUT2D eigenvalue weighted by Gasteiger charge is -2.28. The maximum Gasteiger partial charge on any atom is 0.239 e. The second kappa shape index (κ2) is 7.79. The fourth-order valence-corrected chi connectivity index (χ4v) is 4.25. The normalized spacial score (nSPS) is 17.0. The van der Waals surface area contributed by atoms with Crippen LogP contribution in [0.5, 0.6) is 5.75 Å². The molecule has 0 radical (unpaired) electrons. The third kappa shape index (κ3) is 5.21. The first-order chi connectivity index (χ1) is 10.9. The zero-order valence-corrected chi connectivity index (χ0v) is 14.4. The van der Waals surface area contributed by atoms with E-state index in [0.29, 0.717) is 30.9 Å². The van der Waals surface area contributed by atoms with Gasteiger partial charge in [0, 0.05) is 5.69 Å². The number of anilines is 1. The van der Waals surface area contributed by atoms with E-state index in [1.807, 2.05) is 14.0 Å². The number of amides is 1. The number of carbonyl (C=O) groups is 1. The third-order valence-corrected chi connectivity index (χ3v) is 6.11. The lowest BCUT2D eigenvalue weighted by atomic mass is 10.1. The van der Waals surface area contributed by atoms with Gasteiger partial charge in [0.05, 0.1) is 11.9 Å². The number of benzene rings is 1. The van der Waals surface area contributed by atoms with Gasteiger partial charge in [-0.2, -0.15) is 0 Å². The molecule has 1 aliphatic heterocycles. The molecule has 1 heterocycles. The van der Waals surface area contributed by atoms with Gasteiger partial charge in [-0.05, 0) is 64.2 Å². The average Bonchev–Trinajstić information content (AvgIpc) is 2.49. The first-order valence-corrected chi connectivity index (χ1v) is 9.55. The topological polar surface area (TPSA) is 75.7 Å². The highest BCUT2D eigenvalue weighted by atomic mass is 32.2. The molecule has 1 amide bonds. The van der Waals surface area contributed by atoms with Crippen LogP contribution >= 0.6 is 0 Å². The van der Waals surface area contributed by atoms with Crippen LogP contribution in [-0.4, -0.2) is 57.0 Å². The Balaban J connectivity index is 1.90. The molecule has 2 rings (SSSR count). The number of nitrogens with zero attached hydrogens (tertiary/aromatic N) is 1. The summed E-state index contributed by atoms with van der Waals surface area (Å²) in [6.45, 7) is 3.97. The largest absolute Gasteiger partial charge is 0.494 e. The van der Waals surface area contributed by atoms with Crippen molar-refractivity contribution in [2.24, 2.45) is 0 Å². The highest BCUT2D eigenvalue weighted by Gasteiger charge is 2.30. The Kier molecular flexibility index (Phi) is 6.01. The van der Waals surface area contributed by atoms with Crippen LogP contribution in [0.4, 0.5) is 5.69 Å². The van der Waals surface area contributed by atoms with E-state index in [9.17, 15) is 13.2 Å². The highest BCUT2D eigenvalue weighted by Crippen LogP contribution is 2.19. The molecule has 0 bridgehead atoms. The molecule has 7 heteroatoms. The zero-order chi connectivity index (χ0) is 16.9. The van der Waals surface area contributed by atoms with Gasteiger partial charge in [0.1, 0.15) is 11.5 Å². The van der Waals surface area contributed by atoms with Gasteiger partial charge in [-0.3, -0.25) is 4.79 Å². The number of sulfone groups is 1. The van der Waals surface area contributed by atoms with E-state index in [1.54, 1.807) is 24.3 Å². The van der Waals surface area contributed by atoms with E-state index in [-0.39, 0.29) is 0 Å². The fraction of sp³-hybridized carbons (Fsp3) is 0.562. The Morgan fingerprint density at radius 1 is 1.26 bits per heavy atom. The van der Waals surface area contributed by atoms with Crippen molar-refractivity contribution < 1.29 is 17.9 Å². The monoisotopic (exact) mass is 340 g/mol.